The molecule has 0 saturated heterocycles. The van der Waals surface area contributed by atoms with Crippen molar-refractivity contribution >= 4 is 17.7 Å². The molecule has 1 atom stereocenters. The van der Waals surface area contributed by atoms with E-state index in [2.05, 4.69) is 5.32 Å². The van der Waals surface area contributed by atoms with Crippen LogP contribution in [0.2, 0.25) is 0 Å². The second kappa shape index (κ2) is 9.26. The first-order valence-electron chi connectivity index (χ1n) is 8.14. The van der Waals surface area contributed by atoms with Crippen molar-refractivity contribution in [3.05, 3.63) is 52.1 Å². The summed E-state index contributed by atoms with van der Waals surface area (Å²) in [5.74, 6) is -1.63. The molecule has 0 aliphatic rings. The van der Waals surface area contributed by atoms with E-state index in [0.717, 1.165) is 12.1 Å². The molecule has 29 heavy (non-hydrogen) atoms. The maximum absolute atomic E-state index is 12.2. The Morgan fingerprint density at radius 2 is 1.69 bits per heavy atom. The van der Waals surface area contributed by atoms with Gasteiger partial charge in [0, 0.05) is 12.5 Å². The normalized spacial score (nSPS) is 11.2. The number of aromatic hydroxyl groups is 1. The summed E-state index contributed by atoms with van der Waals surface area (Å²) < 4.78 is 15.0. The summed E-state index contributed by atoms with van der Waals surface area (Å²) in [5.41, 5.74) is -0.0317. The zero-order valence-corrected chi connectivity index (χ0v) is 15.4. The van der Waals surface area contributed by atoms with Crippen LogP contribution in [0.4, 0.5) is 10.5 Å². The van der Waals surface area contributed by atoms with E-state index in [1.54, 1.807) is 0 Å². The molecule has 1 amide bonds. The summed E-state index contributed by atoms with van der Waals surface area (Å²) in [6.45, 7) is 0. The van der Waals surface area contributed by atoms with Gasteiger partial charge in [-0.15, -0.1) is 0 Å². The van der Waals surface area contributed by atoms with Gasteiger partial charge >= 0.3 is 17.7 Å². The number of hydrogen-bond donors (Lipinski definition) is 3. The molecule has 0 radical (unpaired) electrons. The number of amides is 1. The van der Waals surface area contributed by atoms with Crippen LogP contribution in [0.25, 0.3) is 0 Å². The number of methoxy groups -OCH3 is 2. The van der Waals surface area contributed by atoms with E-state index in [-0.39, 0.29) is 23.7 Å². The van der Waals surface area contributed by atoms with Gasteiger partial charge in [-0.25, -0.2) is 9.59 Å². The number of ether oxygens (including phenoxy) is 3. The number of nitro groups is 1. The molecule has 0 aliphatic carbocycles. The van der Waals surface area contributed by atoms with E-state index in [0.29, 0.717) is 5.56 Å². The van der Waals surface area contributed by atoms with Gasteiger partial charge in [-0.3, -0.25) is 10.1 Å². The number of nitrogens with zero attached hydrogens (tertiary/aromatic N) is 1. The van der Waals surface area contributed by atoms with Gasteiger partial charge in [0.1, 0.15) is 11.8 Å². The Kier molecular flexibility index (Phi) is 6.80. The minimum atomic E-state index is -1.37. The Labute approximate surface area is 164 Å². The highest BCUT2D eigenvalue weighted by Gasteiger charge is 2.26. The predicted molar refractivity (Wildman–Crippen MR) is 98.6 cm³/mol. The molecule has 2 rings (SSSR count). The third kappa shape index (κ3) is 5.48. The standard InChI is InChI=1S/C18H18N2O9/c1-27-15-8-13(20(25)26)14(9-16(15)28-2)29-18(24)19-12(17(22)23)7-10-3-5-11(21)6-4-10/h3-6,8-9,12,21H,7H2,1-2H3,(H,19,24)(H,22,23)/t12-/m0/s1. The summed E-state index contributed by atoms with van der Waals surface area (Å²) in [6, 6.07) is 6.48. The number of carboxylic acids is 1. The van der Waals surface area contributed by atoms with Gasteiger partial charge < -0.3 is 29.7 Å². The van der Waals surface area contributed by atoms with Crippen molar-refractivity contribution in [2.45, 2.75) is 12.5 Å². The topological polar surface area (TPSA) is 157 Å². The van der Waals surface area contributed by atoms with E-state index in [9.17, 15) is 29.9 Å². The quantitative estimate of drug-likeness (QED) is 0.441. The molecule has 0 fully saturated rings. The molecule has 0 unspecified atom stereocenters. The lowest BCUT2D eigenvalue weighted by Gasteiger charge is -2.15. The van der Waals surface area contributed by atoms with Crippen LogP contribution in [0.5, 0.6) is 23.0 Å². The number of nitrogens with one attached hydrogen (secondary N) is 1. The number of carbonyl (C=O) groups is 2. The Morgan fingerprint density at radius 1 is 1.10 bits per heavy atom. The third-order valence-electron chi connectivity index (χ3n) is 3.83. The molecule has 0 bridgehead atoms. The van der Waals surface area contributed by atoms with Crippen molar-refractivity contribution in [1.82, 2.24) is 5.32 Å². The fraction of sp³-hybridized carbons (Fsp3) is 0.222. The lowest BCUT2D eigenvalue weighted by Crippen LogP contribution is -2.43. The fourth-order valence-electron chi connectivity index (χ4n) is 2.41. The largest absolute Gasteiger partial charge is 0.508 e. The Hall–Kier alpha value is -4.02. The molecule has 0 spiro atoms. The van der Waals surface area contributed by atoms with E-state index in [4.69, 9.17) is 14.2 Å². The van der Waals surface area contributed by atoms with Gasteiger partial charge in [-0.2, -0.15) is 0 Å². The van der Waals surface area contributed by atoms with Crippen LogP contribution in [-0.4, -0.2) is 47.5 Å². The van der Waals surface area contributed by atoms with E-state index >= 15 is 0 Å². The number of nitro benzene ring substituents is 1. The number of phenols is 1. The third-order valence-corrected chi connectivity index (χ3v) is 3.83. The molecular formula is C18H18N2O9. The number of phenolic OH excluding ortho intramolecular Hbond substituents is 1. The summed E-state index contributed by atoms with van der Waals surface area (Å²) in [7, 11) is 2.58. The highest BCUT2D eigenvalue weighted by molar-refractivity contribution is 5.81. The van der Waals surface area contributed by atoms with Crippen molar-refractivity contribution in [3.8, 4) is 23.0 Å². The molecule has 2 aromatic rings. The zero-order chi connectivity index (χ0) is 21.6. The average Bonchev–Trinajstić information content (AvgIpc) is 2.68. The molecule has 0 aliphatic heterocycles. The first-order chi connectivity index (χ1) is 13.7. The van der Waals surface area contributed by atoms with Gasteiger partial charge in [0.25, 0.3) is 0 Å². The Bertz CT molecular complexity index is 912. The second-order valence-corrected chi connectivity index (χ2v) is 5.73. The summed E-state index contributed by atoms with van der Waals surface area (Å²) in [5, 5.41) is 32.0. The van der Waals surface area contributed by atoms with Crippen LogP contribution < -0.4 is 19.5 Å². The van der Waals surface area contributed by atoms with Gasteiger partial charge in [-0.05, 0) is 17.7 Å². The van der Waals surface area contributed by atoms with Gasteiger partial charge in [0.15, 0.2) is 11.5 Å². The van der Waals surface area contributed by atoms with Crippen LogP contribution in [0.15, 0.2) is 36.4 Å². The first-order valence-corrected chi connectivity index (χ1v) is 8.14. The van der Waals surface area contributed by atoms with E-state index < -0.39 is 34.5 Å². The molecule has 0 heterocycles. The highest BCUT2D eigenvalue weighted by atomic mass is 16.6. The number of carboxylic acid groups (broad SMARTS) is 1. The predicted octanol–water partition coefficient (Wildman–Crippen LogP) is 2.10. The maximum atomic E-state index is 12.2. The van der Waals surface area contributed by atoms with E-state index in [1.165, 1.54) is 38.5 Å². The number of aliphatic carboxylic acids is 1. The Balaban J connectivity index is 2.20. The lowest BCUT2D eigenvalue weighted by atomic mass is 10.1. The molecule has 154 valence electrons. The molecule has 2 aromatic carbocycles. The van der Waals surface area contributed by atoms with Crippen molar-refractivity contribution < 1.29 is 38.9 Å². The smallest absolute Gasteiger partial charge is 0.413 e. The maximum Gasteiger partial charge on any atom is 0.413 e. The second-order valence-electron chi connectivity index (χ2n) is 5.73. The summed E-state index contributed by atoms with van der Waals surface area (Å²) >= 11 is 0. The number of hydrogen-bond acceptors (Lipinski definition) is 8. The SMILES string of the molecule is COc1cc(OC(=O)N[C@@H](Cc2ccc(O)cc2)C(=O)O)c([N+](=O)[O-])cc1OC. The molecule has 0 saturated carbocycles. The molecule has 11 heteroatoms. The fourth-order valence-corrected chi connectivity index (χ4v) is 2.41. The van der Waals surface area contributed by atoms with Gasteiger partial charge in [0.05, 0.1) is 25.2 Å². The van der Waals surface area contributed by atoms with Crippen molar-refractivity contribution in [2.24, 2.45) is 0 Å². The number of carbonyl (C=O) groups excluding carboxylic acids is 1. The minimum Gasteiger partial charge on any atom is -0.508 e. The van der Waals surface area contributed by atoms with E-state index in [1.807, 2.05) is 0 Å². The van der Waals surface area contributed by atoms with Crippen LogP contribution in [-0.2, 0) is 11.2 Å². The zero-order valence-electron chi connectivity index (χ0n) is 15.4. The Morgan fingerprint density at radius 3 is 2.21 bits per heavy atom. The van der Waals surface area contributed by atoms with Crippen LogP contribution in [0, 0.1) is 10.1 Å². The van der Waals surface area contributed by atoms with Crippen LogP contribution in [0.3, 0.4) is 0 Å². The molecule has 11 nitrogen and oxygen atoms in total. The van der Waals surface area contributed by atoms with Crippen LogP contribution in [0.1, 0.15) is 5.56 Å². The molecule has 3 N–H and O–H groups in total. The van der Waals surface area contributed by atoms with Gasteiger partial charge in [-0.1, -0.05) is 12.1 Å². The lowest BCUT2D eigenvalue weighted by molar-refractivity contribution is -0.385. The number of benzene rings is 2. The van der Waals surface area contributed by atoms with Crippen molar-refractivity contribution in [3.63, 3.8) is 0 Å². The minimum absolute atomic E-state index is 0.00811. The summed E-state index contributed by atoms with van der Waals surface area (Å²) in [6.07, 6.45) is -1.30. The first kappa shape index (κ1) is 21.3. The average molecular weight is 406 g/mol. The van der Waals surface area contributed by atoms with Crippen molar-refractivity contribution in [2.75, 3.05) is 14.2 Å². The van der Waals surface area contributed by atoms with Crippen molar-refractivity contribution in [1.29, 1.82) is 0 Å². The van der Waals surface area contributed by atoms with Crippen LogP contribution >= 0.6 is 0 Å². The molecule has 0 aromatic heterocycles. The van der Waals surface area contributed by atoms with Gasteiger partial charge in [0.2, 0.25) is 5.75 Å². The molecular weight excluding hydrogens is 388 g/mol. The highest BCUT2D eigenvalue weighted by Crippen LogP contribution is 2.39. The summed E-state index contributed by atoms with van der Waals surface area (Å²) in [4.78, 5) is 34.1. The monoisotopic (exact) mass is 406 g/mol. The number of rotatable bonds is 8.